The maximum atomic E-state index is 14.2. The van der Waals surface area contributed by atoms with E-state index in [4.69, 9.17) is 4.52 Å². The van der Waals surface area contributed by atoms with Gasteiger partial charge in [0.1, 0.15) is 5.75 Å². The molecule has 1 aliphatic carbocycles. The fourth-order valence-corrected chi connectivity index (χ4v) is 6.68. The topological polar surface area (TPSA) is 46.5 Å². The number of benzene rings is 2. The van der Waals surface area contributed by atoms with E-state index in [1.165, 1.54) is 6.42 Å². The molecule has 2 aromatic rings. The Bertz CT molecular complexity index is 787. The largest absolute Gasteiger partial charge is 0.507 e. The number of rotatable bonds is 6. The van der Waals surface area contributed by atoms with Crippen molar-refractivity contribution in [2.24, 2.45) is 17.8 Å². The molecule has 1 N–H and O–H groups in total. The van der Waals surface area contributed by atoms with E-state index in [1.54, 1.807) is 18.2 Å². The first-order chi connectivity index (χ1) is 12.9. The van der Waals surface area contributed by atoms with Crippen LogP contribution in [0.25, 0.3) is 0 Å². The lowest BCUT2D eigenvalue weighted by Gasteiger charge is -2.39. The van der Waals surface area contributed by atoms with Crippen molar-refractivity contribution in [3.8, 4) is 5.75 Å². The zero-order valence-electron chi connectivity index (χ0n) is 16.5. The van der Waals surface area contributed by atoms with E-state index in [1.807, 2.05) is 36.4 Å². The minimum Gasteiger partial charge on any atom is -0.507 e. The van der Waals surface area contributed by atoms with Gasteiger partial charge in [-0.1, -0.05) is 69.7 Å². The van der Waals surface area contributed by atoms with E-state index >= 15 is 0 Å². The van der Waals surface area contributed by atoms with Crippen LogP contribution in [0, 0.1) is 17.8 Å². The van der Waals surface area contributed by atoms with Gasteiger partial charge in [-0.05, 0) is 48.3 Å². The van der Waals surface area contributed by atoms with Crippen LogP contribution in [-0.4, -0.2) is 11.2 Å². The summed E-state index contributed by atoms with van der Waals surface area (Å²) in [6.07, 6.45) is 3.50. The molecule has 0 amide bonds. The number of hydrogen-bond acceptors (Lipinski definition) is 3. The Labute approximate surface area is 163 Å². The Hall–Kier alpha value is -1.57. The van der Waals surface area contributed by atoms with Crippen LogP contribution in [0.15, 0.2) is 54.6 Å². The molecule has 4 heteroatoms. The fraction of sp³-hybridized carbons (Fsp3) is 0.478. The zero-order valence-corrected chi connectivity index (χ0v) is 17.4. The average molecular weight is 386 g/mol. The van der Waals surface area contributed by atoms with E-state index < -0.39 is 7.37 Å². The molecular formula is C23H31O3P. The molecule has 1 fully saturated rings. The smallest absolute Gasteiger partial charge is 0.240 e. The lowest BCUT2D eigenvalue weighted by Crippen LogP contribution is -2.34. The van der Waals surface area contributed by atoms with Crippen molar-refractivity contribution in [1.29, 1.82) is 0 Å². The molecule has 0 radical (unpaired) electrons. The first-order valence-corrected chi connectivity index (χ1v) is 11.8. The van der Waals surface area contributed by atoms with Gasteiger partial charge in [0.15, 0.2) is 0 Å². The standard InChI is InChI=1S/C23H31O3P/c1-17(2)20-14-13-18(3)15-22(20)26-27(25,16-19-9-5-4-6-10-19)23-12-8-7-11-21(23)24/h4-12,17-18,20,22,24H,13-16H2,1-3H3/t18-,20+,22-,27?/m1/s1. The summed E-state index contributed by atoms with van der Waals surface area (Å²) in [5.74, 6) is 1.51. The second-order valence-electron chi connectivity index (χ2n) is 8.28. The summed E-state index contributed by atoms with van der Waals surface area (Å²) in [5, 5.41) is 10.9. The second kappa shape index (κ2) is 8.63. The van der Waals surface area contributed by atoms with Crippen LogP contribution in [0.3, 0.4) is 0 Å². The number of phenols is 1. The first kappa shape index (κ1) is 20.2. The van der Waals surface area contributed by atoms with Crippen molar-refractivity contribution in [2.45, 2.75) is 52.3 Å². The molecule has 0 bridgehead atoms. The van der Waals surface area contributed by atoms with Crippen molar-refractivity contribution in [2.75, 3.05) is 0 Å². The van der Waals surface area contributed by atoms with Gasteiger partial charge in [0.25, 0.3) is 0 Å². The molecule has 3 nitrogen and oxygen atoms in total. The van der Waals surface area contributed by atoms with Gasteiger partial charge >= 0.3 is 0 Å². The summed E-state index contributed by atoms with van der Waals surface area (Å²) >= 11 is 0. The van der Waals surface area contributed by atoms with Crippen LogP contribution >= 0.6 is 7.37 Å². The third-order valence-electron chi connectivity index (χ3n) is 5.75. The maximum absolute atomic E-state index is 14.2. The van der Waals surface area contributed by atoms with Gasteiger partial charge < -0.3 is 9.63 Å². The van der Waals surface area contributed by atoms with Crippen LogP contribution in [0.2, 0.25) is 0 Å². The minimum absolute atomic E-state index is 0.0390. The van der Waals surface area contributed by atoms with E-state index in [9.17, 15) is 9.67 Å². The lowest BCUT2D eigenvalue weighted by atomic mass is 9.75. The average Bonchev–Trinajstić information content (AvgIpc) is 2.62. The zero-order chi connectivity index (χ0) is 19.4. The van der Waals surface area contributed by atoms with Crippen molar-refractivity contribution in [3.05, 3.63) is 60.2 Å². The summed E-state index contributed by atoms with van der Waals surface area (Å²) in [5.41, 5.74) is 0.967. The van der Waals surface area contributed by atoms with Crippen LogP contribution in [-0.2, 0) is 15.3 Å². The van der Waals surface area contributed by atoms with E-state index in [0.717, 1.165) is 18.4 Å². The highest BCUT2D eigenvalue weighted by Gasteiger charge is 2.39. The van der Waals surface area contributed by atoms with Crippen LogP contribution < -0.4 is 5.30 Å². The van der Waals surface area contributed by atoms with Gasteiger partial charge in [-0.15, -0.1) is 0 Å². The van der Waals surface area contributed by atoms with Crippen molar-refractivity contribution < 1.29 is 14.2 Å². The third kappa shape index (κ3) is 4.83. The molecule has 1 unspecified atom stereocenters. The van der Waals surface area contributed by atoms with Gasteiger partial charge in [-0.25, -0.2) is 0 Å². The van der Waals surface area contributed by atoms with Gasteiger partial charge in [0.2, 0.25) is 7.37 Å². The predicted molar refractivity (Wildman–Crippen MR) is 112 cm³/mol. The fourth-order valence-electron chi connectivity index (χ4n) is 4.21. The number of para-hydroxylation sites is 1. The predicted octanol–water partition coefficient (Wildman–Crippen LogP) is 5.97. The highest BCUT2D eigenvalue weighted by molar-refractivity contribution is 7.66. The van der Waals surface area contributed by atoms with Crippen LogP contribution in [0.4, 0.5) is 0 Å². The molecule has 2 aromatic carbocycles. The van der Waals surface area contributed by atoms with E-state index in [-0.39, 0.29) is 11.9 Å². The van der Waals surface area contributed by atoms with Gasteiger partial charge in [-0.2, -0.15) is 0 Å². The summed E-state index contributed by atoms with van der Waals surface area (Å²) in [7, 11) is -3.25. The monoisotopic (exact) mass is 386 g/mol. The summed E-state index contributed by atoms with van der Waals surface area (Å²) < 4.78 is 20.7. The molecule has 0 saturated heterocycles. The minimum atomic E-state index is -3.25. The number of aromatic hydroxyl groups is 1. The SMILES string of the molecule is CC(C)[C@@H]1CC[C@@H](C)C[C@H]1OP(=O)(Cc1ccccc1)c1ccccc1O. The lowest BCUT2D eigenvalue weighted by molar-refractivity contribution is 0.0495. The van der Waals surface area contributed by atoms with E-state index in [0.29, 0.717) is 29.2 Å². The molecule has 4 atom stereocenters. The quantitative estimate of drug-likeness (QED) is 0.622. The Morgan fingerprint density at radius 2 is 1.74 bits per heavy atom. The van der Waals surface area contributed by atoms with Crippen LogP contribution in [0.5, 0.6) is 5.75 Å². The molecular weight excluding hydrogens is 355 g/mol. The van der Waals surface area contributed by atoms with E-state index in [2.05, 4.69) is 20.8 Å². The van der Waals surface area contributed by atoms with Gasteiger partial charge in [0.05, 0.1) is 17.6 Å². The first-order valence-electron chi connectivity index (χ1n) is 9.99. The van der Waals surface area contributed by atoms with Crippen LogP contribution in [0.1, 0.15) is 45.6 Å². The summed E-state index contributed by atoms with van der Waals surface area (Å²) in [6, 6.07) is 16.7. The van der Waals surface area contributed by atoms with Gasteiger partial charge in [-0.3, -0.25) is 4.57 Å². The van der Waals surface area contributed by atoms with Gasteiger partial charge in [0, 0.05) is 0 Å². The Kier molecular flexibility index (Phi) is 6.44. The molecule has 0 spiro atoms. The second-order valence-corrected chi connectivity index (χ2v) is 10.6. The Balaban J connectivity index is 1.96. The summed E-state index contributed by atoms with van der Waals surface area (Å²) in [4.78, 5) is 0. The molecule has 1 aliphatic rings. The highest BCUT2D eigenvalue weighted by atomic mass is 31.2. The molecule has 0 heterocycles. The number of phenolic OH excluding ortho intramolecular Hbond substituents is 1. The normalized spacial score (nSPS) is 25.3. The molecule has 3 rings (SSSR count). The molecule has 0 aromatic heterocycles. The highest BCUT2D eigenvalue weighted by Crippen LogP contribution is 2.55. The Morgan fingerprint density at radius 3 is 2.41 bits per heavy atom. The maximum Gasteiger partial charge on any atom is 0.240 e. The number of hydrogen-bond donors (Lipinski definition) is 1. The molecule has 27 heavy (non-hydrogen) atoms. The summed E-state index contributed by atoms with van der Waals surface area (Å²) in [6.45, 7) is 6.69. The Morgan fingerprint density at radius 1 is 1.07 bits per heavy atom. The van der Waals surface area contributed by atoms with Crippen molar-refractivity contribution in [1.82, 2.24) is 0 Å². The molecule has 146 valence electrons. The molecule has 1 saturated carbocycles. The molecule has 0 aliphatic heterocycles. The van der Waals surface area contributed by atoms with Crippen molar-refractivity contribution in [3.63, 3.8) is 0 Å². The third-order valence-corrected chi connectivity index (χ3v) is 8.25. The van der Waals surface area contributed by atoms with Crippen molar-refractivity contribution >= 4 is 12.7 Å².